The van der Waals surface area contributed by atoms with E-state index in [9.17, 15) is 23.7 Å². The summed E-state index contributed by atoms with van der Waals surface area (Å²) in [7, 11) is -3.13. The minimum absolute atomic E-state index is 0.0618. The van der Waals surface area contributed by atoms with Crippen LogP contribution in [-0.2, 0) is 23.4 Å². The average molecular weight is 500 g/mol. The van der Waals surface area contributed by atoms with Crippen molar-refractivity contribution in [3.63, 3.8) is 0 Å². The van der Waals surface area contributed by atoms with Gasteiger partial charge in [-0.05, 0) is 32.0 Å². The molecule has 1 saturated heterocycles. The van der Waals surface area contributed by atoms with Crippen molar-refractivity contribution in [2.45, 2.75) is 50.6 Å². The third-order valence-electron chi connectivity index (χ3n) is 5.00. The lowest BCUT2D eigenvalue weighted by molar-refractivity contribution is -0.142. The van der Waals surface area contributed by atoms with Gasteiger partial charge in [0.15, 0.2) is 12.4 Å². The molecule has 7 atom stereocenters. The summed E-state index contributed by atoms with van der Waals surface area (Å²) in [6.45, 7) is 2.76. The van der Waals surface area contributed by atoms with E-state index in [-0.39, 0.29) is 11.6 Å². The molecule has 0 radical (unpaired) electrons. The number of benzene rings is 1. The molecule has 5 unspecified atom stereocenters. The number of methoxy groups -OCH3 is 1. The van der Waals surface area contributed by atoms with Crippen LogP contribution in [0.25, 0.3) is 0 Å². The molecule has 3 rings (SSSR count). The number of aromatic nitrogens is 2. The second kappa shape index (κ2) is 10.6. The molecule has 0 aliphatic carbocycles. The number of hydrogen-bond acceptors (Lipinski definition) is 10. The molecule has 4 N–H and O–H groups in total. The molecule has 14 heteroatoms. The third-order valence-corrected chi connectivity index (χ3v) is 6.77. The molecule has 1 aliphatic heterocycles. The average Bonchev–Trinajstić information content (AvgIpc) is 3.08. The van der Waals surface area contributed by atoms with Gasteiger partial charge in [-0.25, -0.2) is 13.8 Å². The standard InChI is InChI=1S/C20H26FN4O8P/c1-11(19(27)30-3)24-34(29,33-13-7-5-4-6-8-13)32-12(2)17-16(26)15(21)18(31-17)25-10-9-14(22)23-20(25)28/h4-12,15-18,26H,1-3H3,(H,24,29)(H2,22,23,28)/t11?,12?,15?,16?,17-,18-,34?/m1/s1. The summed E-state index contributed by atoms with van der Waals surface area (Å²) in [6, 6.07) is 8.18. The van der Waals surface area contributed by atoms with E-state index in [4.69, 9.17) is 19.5 Å². The molecular formula is C20H26FN4O8P. The number of esters is 1. The van der Waals surface area contributed by atoms with Crippen LogP contribution in [0.4, 0.5) is 10.2 Å². The normalized spacial score (nSPS) is 25.8. The number of ether oxygens (including phenoxy) is 2. The number of aliphatic hydroxyl groups excluding tert-OH is 1. The van der Waals surface area contributed by atoms with E-state index in [0.29, 0.717) is 0 Å². The predicted octanol–water partition coefficient (Wildman–Crippen LogP) is 1.17. The Bertz CT molecular complexity index is 1100. The highest BCUT2D eigenvalue weighted by Crippen LogP contribution is 2.48. The van der Waals surface area contributed by atoms with Crippen molar-refractivity contribution in [1.29, 1.82) is 0 Å². The fourth-order valence-electron chi connectivity index (χ4n) is 3.34. The Labute approximate surface area is 194 Å². The van der Waals surface area contributed by atoms with Gasteiger partial charge >= 0.3 is 19.4 Å². The lowest BCUT2D eigenvalue weighted by Gasteiger charge is -2.28. The number of nitrogens with one attached hydrogen (secondary N) is 1. The van der Waals surface area contributed by atoms with Gasteiger partial charge in [0.25, 0.3) is 0 Å². The van der Waals surface area contributed by atoms with Crippen LogP contribution in [-0.4, -0.2) is 58.3 Å². The van der Waals surface area contributed by atoms with Crippen molar-refractivity contribution < 1.29 is 37.4 Å². The second-order valence-corrected chi connectivity index (χ2v) is 9.20. The quantitative estimate of drug-likeness (QED) is 0.334. The maximum atomic E-state index is 14.9. The summed E-state index contributed by atoms with van der Waals surface area (Å²) in [6.07, 6.45) is -6.69. The van der Waals surface area contributed by atoms with E-state index in [1.807, 2.05) is 0 Å². The minimum Gasteiger partial charge on any atom is -0.468 e. The van der Waals surface area contributed by atoms with Crippen LogP contribution < -0.4 is 21.0 Å². The second-order valence-electron chi connectivity index (χ2n) is 7.55. The molecule has 1 aromatic carbocycles. The lowest BCUT2D eigenvalue weighted by atomic mass is 10.1. The van der Waals surface area contributed by atoms with Gasteiger partial charge in [-0.15, -0.1) is 0 Å². The highest BCUT2D eigenvalue weighted by atomic mass is 31.2. The number of carbonyl (C=O) groups is 1. The van der Waals surface area contributed by atoms with Crippen LogP contribution in [0.15, 0.2) is 47.4 Å². The number of anilines is 1. The Hall–Kier alpha value is -2.83. The summed E-state index contributed by atoms with van der Waals surface area (Å²) in [4.78, 5) is 27.5. The molecule has 12 nitrogen and oxygen atoms in total. The molecule has 1 aromatic heterocycles. The molecule has 2 heterocycles. The fraction of sp³-hybridized carbons (Fsp3) is 0.450. The molecule has 34 heavy (non-hydrogen) atoms. The van der Waals surface area contributed by atoms with Crippen LogP contribution in [0.5, 0.6) is 5.75 Å². The van der Waals surface area contributed by atoms with Gasteiger partial charge in [0.05, 0.1) is 13.2 Å². The number of nitrogen functional groups attached to an aromatic ring is 1. The Morgan fingerprint density at radius 3 is 2.62 bits per heavy atom. The van der Waals surface area contributed by atoms with E-state index in [1.54, 1.807) is 18.2 Å². The number of rotatable bonds is 9. The summed E-state index contributed by atoms with van der Waals surface area (Å²) in [5.41, 5.74) is 4.58. The summed E-state index contributed by atoms with van der Waals surface area (Å²) < 4.78 is 50.5. The molecule has 1 fully saturated rings. The minimum atomic E-state index is -4.29. The van der Waals surface area contributed by atoms with Crippen molar-refractivity contribution in [2.75, 3.05) is 12.8 Å². The predicted molar refractivity (Wildman–Crippen MR) is 118 cm³/mol. The molecule has 0 saturated carbocycles. The largest absolute Gasteiger partial charge is 0.468 e. The first kappa shape index (κ1) is 25.8. The van der Waals surface area contributed by atoms with Crippen LogP contribution in [0.2, 0.25) is 0 Å². The smallest absolute Gasteiger partial charge is 0.459 e. The van der Waals surface area contributed by atoms with Crippen molar-refractivity contribution in [1.82, 2.24) is 14.6 Å². The molecule has 0 amide bonds. The highest BCUT2D eigenvalue weighted by molar-refractivity contribution is 7.52. The Morgan fingerprint density at radius 1 is 1.32 bits per heavy atom. The van der Waals surface area contributed by atoms with Crippen molar-refractivity contribution in [2.24, 2.45) is 0 Å². The third kappa shape index (κ3) is 5.80. The molecule has 1 aliphatic rings. The van der Waals surface area contributed by atoms with Crippen LogP contribution in [0.1, 0.15) is 20.1 Å². The zero-order valence-electron chi connectivity index (χ0n) is 18.6. The zero-order valence-corrected chi connectivity index (χ0v) is 19.5. The number of carbonyl (C=O) groups excluding carboxylic acids is 1. The van der Waals surface area contributed by atoms with Gasteiger partial charge in [0.2, 0.25) is 0 Å². The molecule has 0 bridgehead atoms. The van der Waals surface area contributed by atoms with Crippen LogP contribution >= 0.6 is 7.75 Å². The van der Waals surface area contributed by atoms with Gasteiger partial charge in [-0.1, -0.05) is 18.2 Å². The number of aliphatic hydroxyl groups is 1. The van der Waals surface area contributed by atoms with E-state index in [1.165, 1.54) is 38.2 Å². The zero-order chi connectivity index (χ0) is 25.0. The van der Waals surface area contributed by atoms with E-state index >= 15 is 0 Å². The van der Waals surface area contributed by atoms with E-state index in [0.717, 1.165) is 11.7 Å². The summed E-state index contributed by atoms with van der Waals surface area (Å²) >= 11 is 0. The SMILES string of the molecule is COC(=O)C(C)NP(=O)(Oc1ccccc1)OC(C)[C@H]1O[C@@H](n2ccc(N)nc2=O)C(F)C1O. The number of alkyl halides is 1. The number of hydrogen-bond donors (Lipinski definition) is 3. The van der Waals surface area contributed by atoms with Crippen molar-refractivity contribution in [3.05, 3.63) is 53.1 Å². The van der Waals surface area contributed by atoms with Gasteiger partial charge < -0.3 is 24.8 Å². The van der Waals surface area contributed by atoms with Crippen LogP contribution in [0, 0.1) is 0 Å². The van der Waals surface area contributed by atoms with Gasteiger partial charge in [0.1, 0.15) is 29.8 Å². The summed E-state index contributed by atoms with van der Waals surface area (Å²) in [5, 5.41) is 12.9. The number of halogens is 1. The Morgan fingerprint density at radius 2 is 2.00 bits per heavy atom. The first-order valence-corrected chi connectivity index (χ1v) is 11.8. The molecule has 2 aromatic rings. The number of nitrogens with two attached hydrogens (primary N) is 1. The van der Waals surface area contributed by atoms with Gasteiger partial charge in [-0.2, -0.15) is 10.1 Å². The lowest BCUT2D eigenvalue weighted by Crippen LogP contribution is -2.40. The monoisotopic (exact) mass is 500 g/mol. The van der Waals surface area contributed by atoms with Crippen molar-refractivity contribution in [3.8, 4) is 5.75 Å². The maximum absolute atomic E-state index is 14.9. The highest BCUT2D eigenvalue weighted by Gasteiger charge is 2.50. The first-order chi connectivity index (χ1) is 16.0. The molecular weight excluding hydrogens is 474 g/mol. The van der Waals surface area contributed by atoms with Crippen LogP contribution in [0.3, 0.4) is 0 Å². The topological polar surface area (TPSA) is 164 Å². The van der Waals surface area contributed by atoms with E-state index < -0.39 is 56.2 Å². The first-order valence-electron chi connectivity index (χ1n) is 10.3. The number of para-hydroxylation sites is 1. The number of nitrogens with zero attached hydrogens (tertiary/aromatic N) is 2. The summed E-state index contributed by atoms with van der Waals surface area (Å²) in [5.74, 6) is -0.631. The van der Waals surface area contributed by atoms with Gasteiger partial charge in [0, 0.05) is 6.20 Å². The molecule has 186 valence electrons. The maximum Gasteiger partial charge on any atom is 0.459 e. The Balaban J connectivity index is 1.82. The van der Waals surface area contributed by atoms with E-state index in [2.05, 4.69) is 14.8 Å². The molecule has 0 spiro atoms. The fourth-order valence-corrected chi connectivity index (χ4v) is 5.03. The van der Waals surface area contributed by atoms with Crippen molar-refractivity contribution >= 4 is 19.5 Å². The Kier molecular flexibility index (Phi) is 8.05. The van der Waals surface area contributed by atoms with Gasteiger partial charge in [-0.3, -0.25) is 13.9 Å².